The Morgan fingerprint density at radius 1 is 1.60 bits per heavy atom. The Balaban J connectivity index is 1.88. The van der Waals surface area contributed by atoms with Crippen molar-refractivity contribution in [1.29, 1.82) is 0 Å². The van der Waals surface area contributed by atoms with E-state index >= 15 is 0 Å². The van der Waals surface area contributed by atoms with Crippen LogP contribution >= 0.6 is 11.3 Å². The Kier molecular flexibility index (Phi) is 3.50. The zero-order valence-corrected chi connectivity index (χ0v) is 9.88. The highest BCUT2D eigenvalue weighted by Crippen LogP contribution is 2.18. The van der Waals surface area contributed by atoms with E-state index in [9.17, 15) is 0 Å². The summed E-state index contributed by atoms with van der Waals surface area (Å²) in [7, 11) is 2.03. The van der Waals surface area contributed by atoms with E-state index < -0.39 is 0 Å². The van der Waals surface area contributed by atoms with Gasteiger partial charge in [0.25, 0.3) is 0 Å². The van der Waals surface area contributed by atoms with Gasteiger partial charge in [-0.05, 0) is 6.92 Å². The topological polar surface area (TPSA) is 50.3 Å². The number of ether oxygens (including phenoxy) is 1. The molecule has 1 aliphatic heterocycles. The summed E-state index contributed by atoms with van der Waals surface area (Å²) in [4.78, 5) is 2.10. The molecule has 1 aromatic heterocycles. The highest BCUT2D eigenvalue weighted by Gasteiger charge is 2.17. The van der Waals surface area contributed by atoms with Crippen LogP contribution in [0.1, 0.15) is 5.01 Å². The van der Waals surface area contributed by atoms with Crippen LogP contribution in [0.2, 0.25) is 0 Å². The fourth-order valence-corrected chi connectivity index (χ4v) is 2.22. The first-order valence-electron chi connectivity index (χ1n) is 5.09. The zero-order chi connectivity index (χ0) is 10.7. The van der Waals surface area contributed by atoms with Crippen LogP contribution in [0, 0.1) is 6.92 Å². The molecule has 1 saturated heterocycles. The van der Waals surface area contributed by atoms with Gasteiger partial charge in [0.05, 0.1) is 12.7 Å². The van der Waals surface area contributed by atoms with Crippen molar-refractivity contribution in [2.45, 2.75) is 13.0 Å². The van der Waals surface area contributed by atoms with Crippen LogP contribution < -0.4 is 10.2 Å². The number of hydrogen-bond acceptors (Lipinski definition) is 6. The number of rotatable bonds is 3. The maximum atomic E-state index is 5.63. The predicted octanol–water partition coefficient (Wildman–Crippen LogP) is 0.271. The lowest BCUT2D eigenvalue weighted by atomic mass is 10.3. The number of nitrogens with one attached hydrogen (secondary N) is 1. The molecule has 0 saturated carbocycles. The second-order valence-electron chi connectivity index (χ2n) is 3.68. The predicted molar refractivity (Wildman–Crippen MR) is 60.5 cm³/mol. The third-order valence-electron chi connectivity index (χ3n) is 2.32. The monoisotopic (exact) mass is 228 g/mol. The first kappa shape index (κ1) is 10.8. The molecule has 84 valence electrons. The average molecular weight is 228 g/mol. The minimum Gasteiger partial charge on any atom is -0.374 e. The van der Waals surface area contributed by atoms with Crippen LogP contribution in [0.25, 0.3) is 0 Å². The zero-order valence-electron chi connectivity index (χ0n) is 9.06. The van der Waals surface area contributed by atoms with Gasteiger partial charge < -0.3 is 15.0 Å². The van der Waals surface area contributed by atoms with Crippen molar-refractivity contribution in [1.82, 2.24) is 15.5 Å². The summed E-state index contributed by atoms with van der Waals surface area (Å²) in [5.41, 5.74) is 0. The van der Waals surface area contributed by atoms with Gasteiger partial charge in [0, 0.05) is 26.7 Å². The molecule has 1 fully saturated rings. The van der Waals surface area contributed by atoms with E-state index in [4.69, 9.17) is 4.74 Å². The van der Waals surface area contributed by atoms with Gasteiger partial charge in [0.15, 0.2) is 0 Å². The standard InChI is InChI=1S/C9H16N4OS/c1-7-11-12-9(15-7)13(2)6-8-5-10-3-4-14-8/h8,10H,3-6H2,1-2H3. The molecule has 0 aromatic carbocycles. The molecular weight excluding hydrogens is 212 g/mol. The van der Waals surface area contributed by atoms with Gasteiger partial charge in [-0.1, -0.05) is 11.3 Å². The lowest BCUT2D eigenvalue weighted by Gasteiger charge is -2.27. The number of anilines is 1. The van der Waals surface area contributed by atoms with Crippen molar-refractivity contribution in [3.05, 3.63) is 5.01 Å². The lowest BCUT2D eigenvalue weighted by Crippen LogP contribution is -2.44. The van der Waals surface area contributed by atoms with Crippen molar-refractivity contribution >= 4 is 16.5 Å². The first-order valence-corrected chi connectivity index (χ1v) is 5.91. The van der Waals surface area contributed by atoms with E-state index in [0.29, 0.717) is 0 Å². The van der Waals surface area contributed by atoms with Crippen molar-refractivity contribution in [3.8, 4) is 0 Å². The highest BCUT2D eigenvalue weighted by atomic mass is 32.1. The molecule has 6 heteroatoms. The molecule has 0 radical (unpaired) electrons. The number of likely N-dealkylation sites (N-methyl/N-ethyl adjacent to an activating group) is 1. The van der Waals surface area contributed by atoms with Gasteiger partial charge >= 0.3 is 0 Å². The normalized spacial score (nSPS) is 21.6. The van der Waals surface area contributed by atoms with Crippen LogP contribution in [0.4, 0.5) is 5.13 Å². The van der Waals surface area contributed by atoms with Gasteiger partial charge in [-0.15, -0.1) is 10.2 Å². The molecule has 5 nitrogen and oxygen atoms in total. The Hall–Kier alpha value is -0.720. The van der Waals surface area contributed by atoms with Crippen LogP contribution in [-0.2, 0) is 4.74 Å². The number of hydrogen-bond donors (Lipinski definition) is 1. The molecule has 0 bridgehead atoms. The maximum absolute atomic E-state index is 5.63. The minimum absolute atomic E-state index is 0.257. The van der Waals surface area contributed by atoms with Gasteiger partial charge in [-0.2, -0.15) is 0 Å². The number of morpholine rings is 1. The van der Waals surface area contributed by atoms with Crippen LogP contribution in [0.3, 0.4) is 0 Å². The summed E-state index contributed by atoms with van der Waals surface area (Å²) >= 11 is 1.61. The molecular formula is C9H16N4OS. The largest absolute Gasteiger partial charge is 0.374 e. The molecule has 1 unspecified atom stereocenters. The first-order chi connectivity index (χ1) is 7.25. The van der Waals surface area contributed by atoms with E-state index in [1.165, 1.54) is 0 Å². The summed E-state index contributed by atoms with van der Waals surface area (Å²) < 4.78 is 5.63. The summed E-state index contributed by atoms with van der Waals surface area (Å²) in [6.45, 7) is 5.50. The Morgan fingerprint density at radius 3 is 3.07 bits per heavy atom. The number of aryl methyl sites for hydroxylation is 1. The summed E-state index contributed by atoms with van der Waals surface area (Å²) in [5, 5.41) is 13.4. The molecule has 0 aliphatic carbocycles. The molecule has 1 aromatic rings. The fraction of sp³-hybridized carbons (Fsp3) is 0.778. The van der Waals surface area contributed by atoms with Crippen LogP contribution in [0.5, 0.6) is 0 Å². The summed E-state index contributed by atoms with van der Waals surface area (Å²) in [5.74, 6) is 0. The average Bonchev–Trinajstić information content (AvgIpc) is 2.66. The van der Waals surface area contributed by atoms with Gasteiger partial charge in [0.2, 0.25) is 5.13 Å². The SMILES string of the molecule is Cc1nnc(N(C)CC2CNCCO2)s1. The fourth-order valence-electron chi connectivity index (χ4n) is 1.56. The minimum atomic E-state index is 0.257. The quantitative estimate of drug-likeness (QED) is 0.805. The molecule has 15 heavy (non-hydrogen) atoms. The molecule has 1 N–H and O–H groups in total. The van der Waals surface area contributed by atoms with Crippen molar-refractivity contribution in [2.75, 3.05) is 38.2 Å². The van der Waals surface area contributed by atoms with E-state index in [2.05, 4.69) is 20.4 Å². The van der Waals surface area contributed by atoms with E-state index in [1.54, 1.807) is 11.3 Å². The van der Waals surface area contributed by atoms with Crippen molar-refractivity contribution in [3.63, 3.8) is 0 Å². The Labute approximate surface area is 93.5 Å². The van der Waals surface area contributed by atoms with Crippen molar-refractivity contribution in [2.24, 2.45) is 0 Å². The van der Waals surface area contributed by atoms with Gasteiger partial charge in [-0.25, -0.2) is 0 Å². The molecule has 1 aliphatic rings. The highest BCUT2D eigenvalue weighted by molar-refractivity contribution is 7.15. The molecule has 0 amide bonds. The molecule has 2 heterocycles. The number of aromatic nitrogens is 2. The van der Waals surface area contributed by atoms with Crippen LogP contribution in [0.15, 0.2) is 0 Å². The third-order valence-corrected chi connectivity index (χ3v) is 3.28. The smallest absolute Gasteiger partial charge is 0.208 e. The van der Waals surface area contributed by atoms with Crippen molar-refractivity contribution < 1.29 is 4.74 Å². The molecule has 0 spiro atoms. The number of nitrogens with zero attached hydrogens (tertiary/aromatic N) is 3. The Bertz CT molecular complexity index is 311. The Morgan fingerprint density at radius 2 is 2.47 bits per heavy atom. The summed E-state index contributed by atoms with van der Waals surface area (Å²) in [6, 6.07) is 0. The molecule has 2 rings (SSSR count). The molecule has 1 atom stereocenters. The lowest BCUT2D eigenvalue weighted by molar-refractivity contribution is 0.0340. The second-order valence-corrected chi connectivity index (χ2v) is 4.84. The van der Waals surface area contributed by atoms with Gasteiger partial charge in [0.1, 0.15) is 5.01 Å². The van der Waals surface area contributed by atoms with E-state index in [0.717, 1.165) is 36.4 Å². The third kappa shape index (κ3) is 2.87. The van der Waals surface area contributed by atoms with Gasteiger partial charge in [-0.3, -0.25) is 0 Å². The maximum Gasteiger partial charge on any atom is 0.208 e. The second kappa shape index (κ2) is 4.87. The van der Waals surface area contributed by atoms with E-state index in [1.807, 2.05) is 14.0 Å². The van der Waals surface area contributed by atoms with Crippen LogP contribution in [-0.4, -0.2) is 49.6 Å². The summed E-state index contributed by atoms with van der Waals surface area (Å²) in [6.07, 6.45) is 0.257. The van der Waals surface area contributed by atoms with E-state index in [-0.39, 0.29) is 6.10 Å².